The van der Waals surface area contributed by atoms with E-state index in [1.807, 2.05) is 5.57 Å². The highest BCUT2D eigenvalue weighted by Gasteiger charge is 2.58. The largest absolute Gasteiger partial charge is 0.0625 e. The molecule has 0 aliphatic heterocycles. The molecule has 2 aromatic rings. The number of aryl methyl sites for hydroxylation is 2. The Hall–Kier alpha value is -2.08. The van der Waals surface area contributed by atoms with Crippen LogP contribution in [0.25, 0.3) is 11.1 Å². The maximum atomic E-state index is 2.71. The van der Waals surface area contributed by atoms with E-state index in [1.54, 1.807) is 22.3 Å². The monoisotopic (exact) mass is 548 g/mol. The van der Waals surface area contributed by atoms with Crippen LogP contribution in [0.1, 0.15) is 141 Å². The Bertz CT molecular complexity index is 1410. The number of fused-ring (bicyclic) bond motifs is 5. The summed E-state index contributed by atoms with van der Waals surface area (Å²) in [6, 6.07) is 10.5. The lowest BCUT2D eigenvalue weighted by Gasteiger charge is -2.46. The molecule has 0 bridgehead atoms. The Kier molecular flexibility index (Phi) is 6.35. The van der Waals surface area contributed by atoms with Crippen molar-refractivity contribution in [3.05, 3.63) is 80.4 Å². The number of benzene rings is 2. The summed E-state index contributed by atoms with van der Waals surface area (Å²) in [6.45, 7) is 31.5. The standard InChI is InChI=1S/C41H56/c1-23-14-15-33-29(16-23)30-19-26(38(4,5)6)20-36(30)41(33,13)37-31-17-24(2)34(39(7,8)9)21-27(31)28-22-35(40(10,11)12)25(3)18-32(28)37/h17-18,20-23,29,33,37H,14-16,19H2,1-13H3. The summed E-state index contributed by atoms with van der Waals surface area (Å²) < 4.78 is 0. The normalized spacial score (nSPS) is 28.0. The van der Waals surface area contributed by atoms with Crippen molar-refractivity contribution < 1.29 is 0 Å². The predicted molar refractivity (Wildman–Crippen MR) is 178 cm³/mol. The summed E-state index contributed by atoms with van der Waals surface area (Å²) >= 11 is 0. The second-order valence-corrected chi connectivity index (χ2v) is 17.9. The molecule has 41 heavy (non-hydrogen) atoms. The molecule has 0 aromatic heterocycles. The van der Waals surface area contributed by atoms with Crippen molar-refractivity contribution in [2.24, 2.45) is 28.6 Å². The molecular weight excluding hydrogens is 492 g/mol. The lowest BCUT2D eigenvalue weighted by atomic mass is 9.57. The Balaban J connectivity index is 1.64. The highest BCUT2D eigenvalue weighted by molar-refractivity contribution is 5.83. The van der Waals surface area contributed by atoms with Gasteiger partial charge in [0, 0.05) is 11.3 Å². The minimum Gasteiger partial charge on any atom is -0.0625 e. The summed E-state index contributed by atoms with van der Waals surface area (Å²) in [6.07, 6.45) is 8.04. The average Bonchev–Trinajstić information content (AvgIpc) is 3.46. The van der Waals surface area contributed by atoms with Gasteiger partial charge in [0.25, 0.3) is 0 Å². The Morgan fingerprint density at radius 3 is 1.68 bits per heavy atom. The molecule has 0 radical (unpaired) electrons. The molecule has 0 N–H and O–H groups in total. The number of allylic oxidation sites excluding steroid dienone is 4. The van der Waals surface area contributed by atoms with E-state index >= 15 is 0 Å². The molecule has 4 unspecified atom stereocenters. The molecule has 1 saturated carbocycles. The molecule has 4 atom stereocenters. The molecular formula is C41H56. The minimum absolute atomic E-state index is 0.124. The zero-order valence-corrected chi connectivity index (χ0v) is 28.5. The van der Waals surface area contributed by atoms with Gasteiger partial charge in [0.15, 0.2) is 0 Å². The first kappa shape index (κ1) is 29.0. The van der Waals surface area contributed by atoms with E-state index in [2.05, 4.69) is 120 Å². The van der Waals surface area contributed by atoms with Crippen molar-refractivity contribution in [2.75, 3.05) is 0 Å². The maximum Gasteiger partial charge on any atom is 0.0199 e. The molecule has 0 saturated heterocycles. The quantitative estimate of drug-likeness (QED) is 0.332. The predicted octanol–water partition coefficient (Wildman–Crippen LogP) is 11.8. The van der Waals surface area contributed by atoms with Gasteiger partial charge < -0.3 is 0 Å². The van der Waals surface area contributed by atoms with Gasteiger partial charge in [-0.1, -0.05) is 124 Å². The minimum atomic E-state index is 0.124. The van der Waals surface area contributed by atoms with Gasteiger partial charge in [-0.3, -0.25) is 0 Å². The third-order valence-corrected chi connectivity index (χ3v) is 11.8. The molecule has 0 amide bonds. The SMILES string of the molecule is Cc1cc2c(cc1C(C)(C)C)-c1cc(C(C)(C)C)c(C)cc1C2C1(C)C2=C(CC(C(C)(C)C)=C2)C2CC(C)CCC21. The van der Waals surface area contributed by atoms with Gasteiger partial charge in [0.2, 0.25) is 0 Å². The topological polar surface area (TPSA) is 0 Å². The molecule has 4 aliphatic rings. The van der Waals surface area contributed by atoms with Gasteiger partial charge in [-0.25, -0.2) is 0 Å². The summed E-state index contributed by atoms with van der Waals surface area (Å²) in [7, 11) is 0. The third-order valence-electron chi connectivity index (χ3n) is 11.8. The summed E-state index contributed by atoms with van der Waals surface area (Å²) in [5.41, 5.74) is 17.9. The van der Waals surface area contributed by atoms with Crippen LogP contribution in [0.15, 0.2) is 47.1 Å². The van der Waals surface area contributed by atoms with E-state index in [4.69, 9.17) is 0 Å². The summed E-state index contributed by atoms with van der Waals surface area (Å²) in [5, 5.41) is 0. The number of hydrogen-bond donors (Lipinski definition) is 0. The van der Waals surface area contributed by atoms with Crippen molar-refractivity contribution in [3.63, 3.8) is 0 Å². The fraction of sp³-hybridized carbons (Fsp3) is 0.610. The number of hydrogen-bond acceptors (Lipinski definition) is 0. The van der Waals surface area contributed by atoms with Crippen LogP contribution in [0.2, 0.25) is 0 Å². The number of rotatable bonds is 1. The van der Waals surface area contributed by atoms with Crippen LogP contribution in [0, 0.1) is 42.4 Å². The maximum absolute atomic E-state index is 2.71. The fourth-order valence-electron chi connectivity index (χ4n) is 9.82. The van der Waals surface area contributed by atoms with Gasteiger partial charge in [-0.15, -0.1) is 0 Å². The van der Waals surface area contributed by atoms with Crippen LogP contribution < -0.4 is 0 Å². The van der Waals surface area contributed by atoms with Crippen molar-refractivity contribution in [1.82, 2.24) is 0 Å². The third kappa shape index (κ3) is 4.28. The van der Waals surface area contributed by atoms with Gasteiger partial charge in [0.05, 0.1) is 0 Å². The first-order valence-corrected chi connectivity index (χ1v) is 16.6. The van der Waals surface area contributed by atoms with Crippen molar-refractivity contribution in [1.29, 1.82) is 0 Å². The van der Waals surface area contributed by atoms with Crippen molar-refractivity contribution in [3.8, 4) is 11.1 Å². The van der Waals surface area contributed by atoms with Crippen molar-refractivity contribution in [2.45, 2.75) is 132 Å². The second kappa shape index (κ2) is 8.97. The second-order valence-electron chi connectivity index (χ2n) is 17.9. The molecule has 0 spiro atoms. The van der Waals surface area contributed by atoms with Crippen LogP contribution in [0.5, 0.6) is 0 Å². The molecule has 0 heterocycles. The molecule has 0 nitrogen and oxygen atoms in total. The van der Waals surface area contributed by atoms with E-state index in [0.29, 0.717) is 5.92 Å². The molecule has 0 heteroatoms. The molecule has 1 fully saturated rings. The van der Waals surface area contributed by atoms with E-state index in [1.165, 1.54) is 59.1 Å². The first-order chi connectivity index (χ1) is 18.8. The van der Waals surface area contributed by atoms with E-state index in [-0.39, 0.29) is 21.7 Å². The zero-order chi connectivity index (χ0) is 30.0. The van der Waals surface area contributed by atoms with Gasteiger partial charge in [-0.2, -0.15) is 0 Å². The summed E-state index contributed by atoms with van der Waals surface area (Å²) in [5.74, 6) is 2.72. The van der Waals surface area contributed by atoms with Crippen molar-refractivity contribution >= 4 is 0 Å². The summed E-state index contributed by atoms with van der Waals surface area (Å²) in [4.78, 5) is 0. The van der Waals surface area contributed by atoms with E-state index in [9.17, 15) is 0 Å². The van der Waals surface area contributed by atoms with Crippen LogP contribution in [-0.4, -0.2) is 0 Å². The zero-order valence-electron chi connectivity index (χ0n) is 28.5. The van der Waals surface area contributed by atoms with Gasteiger partial charge >= 0.3 is 0 Å². The lowest BCUT2D eigenvalue weighted by Crippen LogP contribution is -2.38. The molecule has 2 aromatic carbocycles. The Morgan fingerprint density at radius 1 is 0.707 bits per heavy atom. The lowest BCUT2D eigenvalue weighted by molar-refractivity contribution is 0.118. The van der Waals surface area contributed by atoms with E-state index in [0.717, 1.165) is 17.8 Å². The Morgan fingerprint density at radius 2 is 1.22 bits per heavy atom. The molecule has 220 valence electrons. The average molecular weight is 549 g/mol. The van der Waals surface area contributed by atoms with Crippen LogP contribution in [0.4, 0.5) is 0 Å². The fourth-order valence-corrected chi connectivity index (χ4v) is 9.82. The first-order valence-electron chi connectivity index (χ1n) is 16.6. The van der Waals surface area contributed by atoms with Crippen LogP contribution in [0.3, 0.4) is 0 Å². The molecule has 4 aliphatic carbocycles. The Labute approximate surface area is 252 Å². The van der Waals surface area contributed by atoms with Gasteiger partial charge in [-0.05, 0) is 117 Å². The van der Waals surface area contributed by atoms with Crippen LogP contribution >= 0.6 is 0 Å². The molecule has 6 rings (SSSR count). The van der Waals surface area contributed by atoms with Gasteiger partial charge in [0.1, 0.15) is 0 Å². The highest BCUT2D eigenvalue weighted by Crippen LogP contribution is 2.69. The van der Waals surface area contributed by atoms with Crippen LogP contribution in [-0.2, 0) is 10.8 Å². The van der Waals surface area contributed by atoms with E-state index < -0.39 is 0 Å². The highest BCUT2D eigenvalue weighted by atomic mass is 14.6. The smallest absolute Gasteiger partial charge is 0.0199 e.